The summed E-state index contributed by atoms with van der Waals surface area (Å²) in [6.07, 6.45) is -2.62. The quantitative estimate of drug-likeness (QED) is 0.575. The molecule has 0 aliphatic rings. The molecule has 0 aromatic heterocycles. The van der Waals surface area contributed by atoms with Gasteiger partial charge in [-0.3, -0.25) is 0 Å². The standard InChI is InChI=1S/C20H28N2O5S/c1-4-26-17-7-5-6-8-18(17)27-12-11-22-15(2)13-16-9-10-19(25-3)20(14-16)28(21,23)24/h5-10,14-15,22H,4,11-13H2,1-3H3,(H2,21,23,24)/t15-/m1/s1/i1D3,4D2,5D,6D,7D,8D,11D2,12D2,13D2. The lowest BCUT2D eigenvalue weighted by Gasteiger charge is -2.16. The average molecular weight is 424 g/mol. The average Bonchev–Trinajstić information content (AvgIpc) is 2.86. The molecule has 0 fully saturated rings. The van der Waals surface area contributed by atoms with Crippen LogP contribution in [0.2, 0.25) is 0 Å². The van der Waals surface area contributed by atoms with Crippen molar-refractivity contribution in [3.05, 3.63) is 47.9 Å². The number of methoxy groups -OCH3 is 1. The van der Waals surface area contributed by atoms with Crippen LogP contribution in [0.1, 0.15) is 39.9 Å². The van der Waals surface area contributed by atoms with E-state index in [1.165, 1.54) is 0 Å². The number of hydrogen-bond donors (Lipinski definition) is 2. The van der Waals surface area contributed by atoms with Gasteiger partial charge >= 0.3 is 0 Å². The topological polar surface area (TPSA) is 99.9 Å². The molecule has 0 aliphatic heterocycles. The summed E-state index contributed by atoms with van der Waals surface area (Å²) in [6.45, 7) is -13.0. The lowest BCUT2D eigenvalue weighted by atomic mass is 10.1. The van der Waals surface area contributed by atoms with Crippen LogP contribution >= 0.6 is 0 Å². The van der Waals surface area contributed by atoms with E-state index >= 15 is 0 Å². The van der Waals surface area contributed by atoms with Crippen molar-refractivity contribution < 1.29 is 43.2 Å². The van der Waals surface area contributed by atoms with Gasteiger partial charge in [-0.15, -0.1) is 0 Å². The summed E-state index contributed by atoms with van der Waals surface area (Å²) < 4.78 is 158. The van der Waals surface area contributed by atoms with Crippen LogP contribution in [0.5, 0.6) is 17.2 Å². The predicted molar refractivity (Wildman–Crippen MR) is 109 cm³/mol. The fourth-order valence-corrected chi connectivity index (χ4v) is 2.70. The number of ether oxygens (including phenoxy) is 3. The molecule has 1 atom stereocenters. The highest BCUT2D eigenvalue weighted by atomic mass is 32.2. The lowest BCUT2D eigenvalue weighted by Crippen LogP contribution is -2.32. The largest absolute Gasteiger partial charge is 0.495 e. The summed E-state index contributed by atoms with van der Waals surface area (Å²) in [7, 11) is -3.24. The molecule has 7 nitrogen and oxygen atoms in total. The first kappa shape index (κ1) is 9.02. The number of rotatable bonds is 11. The van der Waals surface area contributed by atoms with E-state index in [-0.39, 0.29) is 11.3 Å². The van der Waals surface area contributed by atoms with E-state index < -0.39 is 89.5 Å². The second kappa shape index (κ2) is 10.3. The maximum Gasteiger partial charge on any atom is 0.241 e. The van der Waals surface area contributed by atoms with E-state index in [0.29, 0.717) is 0 Å². The number of nitrogens with one attached hydrogen (secondary N) is 1. The van der Waals surface area contributed by atoms with Gasteiger partial charge in [0.25, 0.3) is 0 Å². The monoisotopic (exact) mass is 423 g/mol. The third-order valence-corrected chi connectivity index (χ3v) is 4.05. The van der Waals surface area contributed by atoms with Crippen molar-refractivity contribution in [1.29, 1.82) is 0 Å². The molecule has 0 saturated carbocycles. The zero-order valence-corrected chi connectivity index (χ0v) is 15.7. The predicted octanol–water partition coefficient (Wildman–Crippen LogP) is 2.34. The first-order valence-corrected chi connectivity index (χ1v) is 9.14. The van der Waals surface area contributed by atoms with Crippen LogP contribution in [0.15, 0.2) is 47.3 Å². The molecule has 0 saturated heterocycles. The minimum atomic E-state index is -4.39. The molecule has 2 rings (SSSR count). The van der Waals surface area contributed by atoms with Crippen molar-refractivity contribution in [3.63, 3.8) is 0 Å². The van der Waals surface area contributed by atoms with Crippen LogP contribution in [0.25, 0.3) is 0 Å². The Morgan fingerprint density at radius 3 is 2.61 bits per heavy atom. The van der Waals surface area contributed by atoms with Gasteiger partial charge in [-0.1, -0.05) is 18.2 Å². The van der Waals surface area contributed by atoms with Crippen molar-refractivity contribution in [2.24, 2.45) is 5.14 Å². The molecule has 3 N–H and O–H groups in total. The van der Waals surface area contributed by atoms with Gasteiger partial charge in [0.1, 0.15) is 17.2 Å². The maximum absolute atomic E-state index is 12.0. The second-order valence-electron chi connectivity index (χ2n) is 5.11. The number of nitrogens with two attached hydrogens (primary N) is 1. The SMILES string of the molecule is [2H]c1c([2H])c([2H])c(OC([2H])([2H])C([2H])([2H])N[C@H](C)C([2H])([2H])c2ccc(OC)c(S(N)(=O)=O)c2)c(OC([2H])([2H])C([2H])([2H])[2H])c1[2H]. The number of hydrogen-bond acceptors (Lipinski definition) is 6. The van der Waals surface area contributed by atoms with Crippen molar-refractivity contribution in [1.82, 2.24) is 5.32 Å². The minimum absolute atomic E-state index is 0.198. The zero-order chi connectivity index (χ0) is 33.7. The van der Waals surface area contributed by atoms with Crippen LogP contribution in [-0.4, -0.2) is 41.2 Å². The van der Waals surface area contributed by atoms with E-state index in [1.54, 1.807) is 0 Å². The van der Waals surface area contributed by atoms with Crippen LogP contribution in [0.3, 0.4) is 0 Å². The number of sulfonamides is 1. The Kier molecular flexibility index (Phi) is 3.32. The molecule has 0 spiro atoms. The Hall–Kier alpha value is -2.29. The van der Waals surface area contributed by atoms with Crippen LogP contribution in [0, 0.1) is 0 Å². The highest BCUT2D eigenvalue weighted by Gasteiger charge is 2.16. The highest BCUT2D eigenvalue weighted by molar-refractivity contribution is 7.89. The minimum Gasteiger partial charge on any atom is -0.495 e. The molecule has 8 heteroatoms. The molecule has 0 heterocycles. The van der Waals surface area contributed by atoms with E-state index in [4.69, 9.17) is 39.9 Å². The molecule has 28 heavy (non-hydrogen) atoms. The summed E-state index contributed by atoms with van der Waals surface area (Å²) in [5.74, 6) is -2.72. The molecule has 0 radical (unpaired) electrons. The maximum atomic E-state index is 12.0. The Morgan fingerprint density at radius 1 is 1.25 bits per heavy atom. The number of primary sulfonamides is 1. The third-order valence-electron chi connectivity index (χ3n) is 3.12. The van der Waals surface area contributed by atoms with Gasteiger partial charge in [0.15, 0.2) is 11.5 Å². The van der Waals surface area contributed by atoms with Crippen molar-refractivity contribution >= 4 is 10.0 Å². The van der Waals surface area contributed by atoms with E-state index in [2.05, 4.69) is 0 Å². The van der Waals surface area contributed by atoms with Crippen LogP contribution in [0.4, 0.5) is 0 Å². The van der Waals surface area contributed by atoms with Crippen LogP contribution in [-0.2, 0) is 16.4 Å². The number of para-hydroxylation sites is 2. The Bertz CT molecular complexity index is 1480. The fourth-order valence-electron chi connectivity index (χ4n) is 1.97. The van der Waals surface area contributed by atoms with Gasteiger partial charge in [0, 0.05) is 22.1 Å². The van der Waals surface area contributed by atoms with Crippen molar-refractivity contribution in [3.8, 4) is 17.2 Å². The summed E-state index contributed by atoms with van der Waals surface area (Å²) in [6, 6.07) is -2.91. The van der Waals surface area contributed by atoms with Crippen LogP contribution < -0.4 is 24.7 Å². The normalized spacial score (nSPS) is 22.8. The Morgan fingerprint density at radius 2 is 1.96 bits per heavy atom. The van der Waals surface area contributed by atoms with Crippen molar-refractivity contribution in [2.45, 2.75) is 31.1 Å². The van der Waals surface area contributed by atoms with Gasteiger partial charge in [0.05, 0.1) is 24.6 Å². The summed E-state index contributed by atoms with van der Waals surface area (Å²) in [5, 5.41) is 7.22. The van der Waals surface area contributed by atoms with Gasteiger partial charge < -0.3 is 19.5 Å². The molecular formula is C20H28N2O5S. The Labute approximate surface area is 187 Å². The molecule has 2 aromatic carbocycles. The van der Waals surface area contributed by atoms with E-state index in [9.17, 15) is 8.42 Å². The molecule has 0 unspecified atom stereocenters. The molecule has 0 bridgehead atoms. The zero-order valence-electron chi connectivity index (χ0n) is 29.8. The first-order valence-electron chi connectivity index (χ1n) is 15.1. The molecule has 0 aliphatic carbocycles. The van der Waals surface area contributed by atoms with Gasteiger partial charge in [-0.2, -0.15) is 0 Å². The summed E-state index contributed by atoms with van der Waals surface area (Å²) >= 11 is 0. The number of benzene rings is 2. The van der Waals surface area contributed by atoms with Crippen molar-refractivity contribution in [2.75, 3.05) is 26.7 Å². The van der Waals surface area contributed by atoms with Gasteiger partial charge in [-0.05, 0) is 49.9 Å². The van der Waals surface area contributed by atoms with Gasteiger partial charge in [-0.25, -0.2) is 13.6 Å². The first-order chi connectivity index (χ1) is 19.1. The Balaban J connectivity index is 2.54. The highest BCUT2D eigenvalue weighted by Crippen LogP contribution is 2.26. The lowest BCUT2D eigenvalue weighted by molar-refractivity contribution is 0.272. The summed E-state index contributed by atoms with van der Waals surface area (Å²) in [5.41, 5.74) is -0.325. The molecule has 0 amide bonds. The molecule has 2 aromatic rings. The molecule has 154 valence electrons. The van der Waals surface area contributed by atoms with E-state index in [0.717, 1.165) is 32.2 Å². The second-order valence-corrected chi connectivity index (χ2v) is 6.64. The third kappa shape index (κ3) is 6.40. The fraction of sp³-hybridized carbons (Fsp3) is 0.400. The van der Waals surface area contributed by atoms with Gasteiger partial charge in [0.2, 0.25) is 10.0 Å². The van der Waals surface area contributed by atoms with E-state index in [1.807, 2.05) is 5.32 Å². The summed E-state index contributed by atoms with van der Waals surface area (Å²) in [4.78, 5) is -0.576. The smallest absolute Gasteiger partial charge is 0.241 e. The molecular weight excluding hydrogens is 380 g/mol.